The van der Waals surface area contributed by atoms with Gasteiger partial charge in [0, 0.05) is 12.0 Å². The number of Topliss-reactive ketones (excluding diaryl/α,β-unsaturated/α-hetero) is 1. The van der Waals surface area contributed by atoms with Crippen LogP contribution in [0.2, 0.25) is 0 Å². The Morgan fingerprint density at radius 3 is 2.44 bits per heavy atom. The molecule has 0 atom stereocenters. The first kappa shape index (κ1) is 14.2. The van der Waals surface area contributed by atoms with Crippen LogP contribution in [0.25, 0.3) is 0 Å². The average molecular weight is 240 g/mol. The number of hydrogen-bond acceptors (Lipinski definition) is 1. The molecule has 1 nitrogen and oxygen atoms in total. The van der Waals surface area contributed by atoms with Crippen LogP contribution in [0.4, 0.5) is 0 Å². The lowest BCUT2D eigenvalue weighted by molar-refractivity contribution is 0.0993. The van der Waals surface area contributed by atoms with Crippen LogP contribution in [-0.4, -0.2) is 5.78 Å². The highest BCUT2D eigenvalue weighted by molar-refractivity contribution is 5.97. The van der Waals surface area contributed by atoms with Crippen LogP contribution in [0.3, 0.4) is 0 Å². The molecule has 0 saturated heterocycles. The minimum absolute atomic E-state index is 0.167. The van der Waals surface area contributed by atoms with Gasteiger partial charge >= 0.3 is 0 Å². The maximum Gasteiger partial charge on any atom is 0.167 e. The average Bonchev–Trinajstić information content (AvgIpc) is 2.40. The highest BCUT2D eigenvalue weighted by Crippen LogP contribution is 2.12. The smallest absolute Gasteiger partial charge is 0.167 e. The largest absolute Gasteiger partial charge is 0.294 e. The topological polar surface area (TPSA) is 17.1 Å². The Morgan fingerprint density at radius 1 is 1.11 bits per heavy atom. The molecule has 0 aliphatic carbocycles. The van der Waals surface area contributed by atoms with Gasteiger partial charge in [-0.3, -0.25) is 4.79 Å². The first-order valence-corrected chi connectivity index (χ1v) is 6.29. The summed E-state index contributed by atoms with van der Waals surface area (Å²) in [7, 11) is 0. The molecule has 0 N–H and O–H groups in total. The van der Waals surface area contributed by atoms with E-state index in [0.29, 0.717) is 6.42 Å². The van der Waals surface area contributed by atoms with Crippen molar-refractivity contribution in [2.45, 2.75) is 26.7 Å². The van der Waals surface area contributed by atoms with E-state index in [9.17, 15) is 4.79 Å². The van der Waals surface area contributed by atoms with Crippen molar-refractivity contribution >= 4 is 5.78 Å². The normalized spacial score (nSPS) is 12.4. The van der Waals surface area contributed by atoms with E-state index in [-0.39, 0.29) is 5.78 Å². The van der Waals surface area contributed by atoms with E-state index in [1.165, 1.54) is 0 Å². The van der Waals surface area contributed by atoms with Crippen molar-refractivity contribution < 1.29 is 4.79 Å². The summed E-state index contributed by atoms with van der Waals surface area (Å²) in [5, 5.41) is 0. The summed E-state index contributed by atoms with van der Waals surface area (Å²) >= 11 is 0. The molecule has 0 aliphatic heterocycles. The van der Waals surface area contributed by atoms with Crippen LogP contribution >= 0.6 is 0 Å². The Hall–Kier alpha value is -1.89. The summed E-state index contributed by atoms with van der Waals surface area (Å²) in [6, 6.07) is 9.44. The van der Waals surface area contributed by atoms with E-state index < -0.39 is 0 Å². The zero-order chi connectivity index (χ0) is 13.2. The molecule has 0 bridgehead atoms. The second-order valence-electron chi connectivity index (χ2n) is 4.05. The van der Waals surface area contributed by atoms with Crippen LogP contribution in [0.1, 0.15) is 37.0 Å². The molecule has 0 heterocycles. The predicted octanol–water partition coefficient (Wildman–Crippen LogP) is 4.73. The molecule has 1 rings (SSSR count). The molecule has 0 fully saturated rings. The van der Waals surface area contributed by atoms with Crippen LogP contribution in [-0.2, 0) is 0 Å². The number of rotatable bonds is 6. The van der Waals surface area contributed by atoms with Crippen LogP contribution < -0.4 is 0 Å². The summed E-state index contributed by atoms with van der Waals surface area (Å²) in [6.45, 7) is 3.97. The van der Waals surface area contributed by atoms with Gasteiger partial charge in [0.1, 0.15) is 0 Å². The van der Waals surface area contributed by atoms with Gasteiger partial charge in [-0.25, -0.2) is 0 Å². The van der Waals surface area contributed by atoms with Gasteiger partial charge < -0.3 is 0 Å². The monoisotopic (exact) mass is 240 g/mol. The fourth-order valence-corrected chi connectivity index (χ4v) is 1.68. The van der Waals surface area contributed by atoms with E-state index in [4.69, 9.17) is 0 Å². The lowest BCUT2D eigenvalue weighted by Gasteiger charge is -2.02. The van der Waals surface area contributed by atoms with Gasteiger partial charge in [0.15, 0.2) is 5.78 Å². The van der Waals surface area contributed by atoms with Gasteiger partial charge in [-0.1, -0.05) is 60.7 Å². The zero-order valence-electron chi connectivity index (χ0n) is 11.1. The Morgan fingerprint density at radius 2 is 1.83 bits per heavy atom. The molecule has 0 spiro atoms. The fourth-order valence-electron chi connectivity index (χ4n) is 1.68. The molecule has 0 radical (unpaired) electrons. The minimum Gasteiger partial charge on any atom is -0.294 e. The summed E-state index contributed by atoms with van der Waals surface area (Å²) in [5.74, 6) is 0.167. The Bertz CT molecular complexity index is 450. The standard InChI is InChI=1S/C17H20O/c1-3-5-7-11-15(10-4-2)14-17(18)16-12-8-6-9-13-16/h3-6,8-13H,7,14H2,1-2H3/b5-3-,10-4-,15-11+. The van der Waals surface area contributed by atoms with E-state index >= 15 is 0 Å². The third-order valence-electron chi connectivity index (χ3n) is 2.59. The highest BCUT2D eigenvalue weighted by atomic mass is 16.1. The summed E-state index contributed by atoms with van der Waals surface area (Å²) in [4.78, 5) is 12.1. The van der Waals surface area contributed by atoms with Gasteiger partial charge in [0.2, 0.25) is 0 Å². The first-order chi connectivity index (χ1) is 8.77. The number of hydrogen-bond donors (Lipinski definition) is 0. The molecule has 1 aromatic rings. The van der Waals surface area contributed by atoms with Crippen molar-refractivity contribution in [1.29, 1.82) is 0 Å². The molecule has 0 saturated carbocycles. The Labute approximate surface area is 110 Å². The summed E-state index contributed by atoms with van der Waals surface area (Å²) < 4.78 is 0. The molecular formula is C17H20O. The number of benzene rings is 1. The van der Waals surface area contributed by atoms with Crippen LogP contribution in [0.15, 0.2) is 66.3 Å². The van der Waals surface area contributed by atoms with E-state index in [2.05, 4.69) is 12.2 Å². The number of carbonyl (C=O) groups is 1. The van der Waals surface area contributed by atoms with Gasteiger partial charge in [-0.05, 0) is 25.8 Å². The number of allylic oxidation sites excluding steroid dienone is 6. The third kappa shape index (κ3) is 4.96. The summed E-state index contributed by atoms with van der Waals surface area (Å²) in [6.07, 6.45) is 11.5. The second-order valence-corrected chi connectivity index (χ2v) is 4.05. The molecule has 0 aromatic heterocycles. The fraction of sp³-hybridized carbons (Fsp3) is 0.235. The molecule has 1 aromatic carbocycles. The third-order valence-corrected chi connectivity index (χ3v) is 2.59. The minimum atomic E-state index is 0.167. The Kier molecular flexibility index (Phi) is 6.49. The molecule has 0 unspecified atom stereocenters. The molecule has 0 amide bonds. The molecule has 1 heteroatoms. The van der Waals surface area contributed by atoms with E-state index in [1.54, 1.807) is 0 Å². The summed E-state index contributed by atoms with van der Waals surface area (Å²) in [5.41, 5.74) is 1.85. The second kappa shape index (κ2) is 8.24. The van der Waals surface area contributed by atoms with Crippen LogP contribution in [0, 0.1) is 0 Å². The van der Waals surface area contributed by atoms with Crippen molar-refractivity contribution in [3.63, 3.8) is 0 Å². The SMILES string of the molecule is C/C=C\C/C=C(\C=C/C)CC(=O)c1ccccc1. The molecule has 18 heavy (non-hydrogen) atoms. The Balaban J connectivity index is 2.72. The molecule has 94 valence electrons. The maximum atomic E-state index is 12.1. The predicted molar refractivity (Wildman–Crippen MR) is 77.7 cm³/mol. The van der Waals surface area contributed by atoms with Gasteiger partial charge in [-0.2, -0.15) is 0 Å². The van der Waals surface area contributed by atoms with Crippen LogP contribution in [0.5, 0.6) is 0 Å². The quantitative estimate of drug-likeness (QED) is 0.399. The zero-order valence-corrected chi connectivity index (χ0v) is 11.1. The maximum absolute atomic E-state index is 12.1. The van der Waals surface area contributed by atoms with Crippen molar-refractivity contribution in [1.82, 2.24) is 0 Å². The van der Waals surface area contributed by atoms with Crippen molar-refractivity contribution in [2.24, 2.45) is 0 Å². The molecular weight excluding hydrogens is 220 g/mol. The highest BCUT2D eigenvalue weighted by Gasteiger charge is 2.06. The van der Waals surface area contributed by atoms with Gasteiger partial charge in [0.25, 0.3) is 0 Å². The lowest BCUT2D eigenvalue weighted by atomic mass is 10.0. The lowest BCUT2D eigenvalue weighted by Crippen LogP contribution is -1.99. The van der Waals surface area contributed by atoms with E-state index in [1.807, 2.05) is 62.4 Å². The number of carbonyl (C=O) groups excluding carboxylic acids is 1. The first-order valence-electron chi connectivity index (χ1n) is 6.29. The molecule has 0 aliphatic rings. The number of ketones is 1. The van der Waals surface area contributed by atoms with Crippen molar-refractivity contribution in [3.8, 4) is 0 Å². The van der Waals surface area contributed by atoms with Gasteiger partial charge in [-0.15, -0.1) is 0 Å². The van der Waals surface area contributed by atoms with Crippen molar-refractivity contribution in [2.75, 3.05) is 0 Å². The van der Waals surface area contributed by atoms with Crippen molar-refractivity contribution in [3.05, 3.63) is 71.8 Å². The van der Waals surface area contributed by atoms with Gasteiger partial charge in [0.05, 0.1) is 0 Å². The van der Waals surface area contributed by atoms with E-state index in [0.717, 1.165) is 17.6 Å².